The van der Waals surface area contributed by atoms with E-state index in [-0.39, 0.29) is 0 Å². The number of nitrogens with one attached hydrogen (secondary N) is 3. The van der Waals surface area contributed by atoms with Crippen molar-refractivity contribution in [3.63, 3.8) is 0 Å². The first-order valence-corrected chi connectivity index (χ1v) is 5.27. The van der Waals surface area contributed by atoms with E-state index in [4.69, 9.17) is 5.73 Å². The Labute approximate surface area is 99.0 Å². The minimum Gasteiger partial charge on any atom is -0.379 e. The fourth-order valence-electron chi connectivity index (χ4n) is 1.49. The van der Waals surface area contributed by atoms with Gasteiger partial charge in [-0.1, -0.05) is 0 Å². The van der Waals surface area contributed by atoms with Gasteiger partial charge in [-0.3, -0.25) is 0 Å². The molecule has 0 saturated heterocycles. The third-order valence-corrected chi connectivity index (χ3v) is 2.30. The average Bonchev–Trinajstić information content (AvgIpc) is 2.80. The molecular formula is C12H14N4O. The number of primary amides is 1. The molecule has 1 heterocycles. The van der Waals surface area contributed by atoms with E-state index < -0.39 is 6.03 Å². The highest BCUT2D eigenvalue weighted by Gasteiger charge is 1.97. The third kappa shape index (κ3) is 3.27. The Hall–Kier alpha value is -2.43. The lowest BCUT2D eigenvalue weighted by molar-refractivity contribution is 0.259. The van der Waals surface area contributed by atoms with E-state index in [9.17, 15) is 4.79 Å². The molecule has 0 bridgehead atoms. The Balaban J connectivity index is 1.91. The minimum atomic E-state index is -0.558. The van der Waals surface area contributed by atoms with Crippen molar-refractivity contribution in [1.82, 2.24) is 4.98 Å². The summed E-state index contributed by atoms with van der Waals surface area (Å²) in [5.74, 6) is 0. The maximum atomic E-state index is 10.6. The number of carbonyl (C=O) groups excluding carboxylic acids is 1. The van der Waals surface area contributed by atoms with Crippen LogP contribution in [0.4, 0.5) is 16.2 Å². The van der Waals surface area contributed by atoms with Crippen LogP contribution in [0.3, 0.4) is 0 Å². The quantitative estimate of drug-likeness (QED) is 0.648. The molecule has 5 heteroatoms. The number of carbonyl (C=O) groups is 1. The van der Waals surface area contributed by atoms with Crippen molar-refractivity contribution >= 4 is 17.4 Å². The van der Waals surface area contributed by atoms with Crippen molar-refractivity contribution in [2.45, 2.75) is 6.54 Å². The largest absolute Gasteiger partial charge is 0.379 e. The predicted molar refractivity (Wildman–Crippen MR) is 67.8 cm³/mol. The average molecular weight is 230 g/mol. The van der Waals surface area contributed by atoms with E-state index in [2.05, 4.69) is 15.6 Å². The second-order valence-corrected chi connectivity index (χ2v) is 3.62. The van der Waals surface area contributed by atoms with Gasteiger partial charge in [0.2, 0.25) is 0 Å². The van der Waals surface area contributed by atoms with Crippen molar-refractivity contribution in [3.8, 4) is 0 Å². The standard InChI is InChI=1S/C12H14N4O/c13-12(17)16-10-5-3-9(4-6-10)15-8-11-2-1-7-14-11/h1-7,14-15H,8H2,(H3,13,16,17). The van der Waals surface area contributed by atoms with Gasteiger partial charge in [0.25, 0.3) is 0 Å². The normalized spacial score (nSPS) is 9.88. The molecule has 2 aromatic rings. The molecular weight excluding hydrogens is 216 g/mol. The van der Waals surface area contributed by atoms with Crippen molar-refractivity contribution in [1.29, 1.82) is 0 Å². The Morgan fingerprint density at radius 1 is 1.18 bits per heavy atom. The second kappa shape index (κ2) is 5.07. The first-order valence-electron chi connectivity index (χ1n) is 5.27. The maximum absolute atomic E-state index is 10.6. The fourth-order valence-corrected chi connectivity index (χ4v) is 1.49. The SMILES string of the molecule is NC(=O)Nc1ccc(NCc2ccc[nH]2)cc1. The van der Waals surface area contributed by atoms with Gasteiger partial charge in [-0.25, -0.2) is 4.79 Å². The Kier molecular flexibility index (Phi) is 3.30. The highest BCUT2D eigenvalue weighted by molar-refractivity contribution is 5.87. The van der Waals surface area contributed by atoms with Crippen LogP contribution in [0.2, 0.25) is 0 Å². The molecule has 2 rings (SSSR count). The van der Waals surface area contributed by atoms with E-state index in [0.29, 0.717) is 5.69 Å². The van der Waals surface area contributed by atoms with E-state index in [0.717, 1.165) is 17.9 Å². The van der Waals surface area contributed by atoms with Gasteiger partial charge in [0.1, 0.15) is 0 Å². The molecule has 0 aliphatic heterocycles. The molecule has 0 fully saturated rings. The summed E-state index contributed by atoms with van der Waals surface area (Å²) in [5.41, 5.74) is 7.80. The molecule has 0 spiro atoms. The molecule has 1 aromatic heterocycles. The van der Waals surface area contributed by atoms with Gasteiger partial charge < -0.3 is 21.4 Å². The zero-order valence-corrected chi connectivity index (χ0v) is 9.23. The lowest BCUT2D eigenvalue weighted by Crippen LogP contribution is -2.19. The summed E-state index contributed by atoms with van der Waals surface area (Å²) in [6.45, 7) is 0.732. The van der Waals surface area contributed by atoms with Crippen LogP contribution in [-0.4, -0.2) is 11.0 Å². The number of hydrogen-bond donors (Lipinski definition) is 4. The summed E-state index contributed by atoms with van der Waals surface area (Å²) in [6.07, 6.45) is 1.89. The van der Waals surface area contributed by atoms with Crippen LogP contribution in [0.25, 0.3) is 0 Å². The lowest BCUT2D eigenvalue weighted by atomic mass is 10.2. The van der Waals surface area contributed by atoms with Crippen LogP contribution in [0, 0.1) is 0 Å². The lowest BCUT2D eigenvalue weighted by Gasteiger charge is -2.06. The number of anilines is 2. The van der Waals surface area contributed by atoms with Crippen LogP contribution < -0.4 is 16.4 Å². The molecule has 0 unspecified atom stereocenters. The molecule has 0 atom stereocenters. The molecule has 1 aromatic carbocycles. The highest BCUT2D eigenvalue weighted by atomic mass is 16.2. The second-order valence-electron chi connectivity index (χ2n) is 3.62. The number of nitrogens with two attached hydrogens (primary N) is 1. The number of aromatic nitrogens is 1. The molecule has 2 amide bonds. The zero-order valence-electron chi connectivity index (χ0n) is 9.23. The van der Waals surface area contributed by atoms with Gasteiger partial charge in [0, 0.05) is 23.3 Å². The highest BCUT2D eigenvalue weighted by Crippen LogP contribution is 2.13. The Bertz CT molecular complexity index is 476. The van der Waals surface area contributed by atoms with Gasteiger partial charge in [0.15, 0.2) is 0 Å². The van der Waals surface area contributed by atoms with Crippen LogP contribution in [-0.2, 0) is 6.54 Å². The molecule has 88 valence electrons. The summed E-state index contributed by atoms with van der Waals surface area (Å²) in [4.78, 5) is 13.7. The number of hydrogen-bond acceptors (Lipinski definition) is 2. The first-order chi connectivity index (χ1) is 8.24. The van der Waals surface area contributed by atoms with Crippen LogP contribution in [0.5, 0.6) is 0 Å². The minimum absolute atomic E-state index is 0.558. The molecule has 0 aliphatic carbocycles. The number of benzene rings is 1. The zero-order chi connectivity index (χ0) is 12.1. The van der Waals surface area contributed by atoms with Crippen molar-refractivity contribution < 1.29 is 4.79 Å². The monoisotopic (exact) mass is 230 g/mol. The maximum Gasteiger partial charge on any atom is 0.316 e. The molecule has 17 heavy (non-hydrogen) atoms. The summed E-state index contributed by atoms with van der Waals surface area (Å²) < 4.78 is 0. The smallest absolute Gasteiger partial charge is 0.316 e. The molecule has 0 saturated carbocycles. The van der Waals surface area contributed by atoms with E-state index in [1.54, 1.807) is 12.1 Å². The van der Waals surface area contributed by atoms with Gasteiger partial charge in [-0.05, 0) is 36.4 Å². The number of H-pyrrole nitrogens is 1. The fraction of sp³-hybridized carbons (Fsp3) is 0.0833. The molecule has 0 radical (unpaired) electrons. The number of rotatable bonds is 4. The van der Waals surface area contributed by atoms with Crippen LogP contribution in [0.15, 0.2) is 42.6 Å². The van der Waals surface area contributed by atoms with Crippen molar-refractivity contribution in [2.24, 2.45) is 5.73 Å². The third-order valence-electron chi connectivity index (χ3n) is 2.30. The predicted octanol–water partition coefficient (Wildman–Crippen LogP) is 2.12. The van der Waals surface area contributed by atoms with Crippen LogP contribution in [0.1, 0.15) is 5.69 Å². The molecule has 5 nitrogen and oxygen atoms in total. The summed E-state index contributed by atoms with van der Waals surface area (Å²) in [7, 11) is 0. The molecule has 0 aliphatic rings. The van der Waals surface area contributed by atoms with E-state index in [1.807, 2.05) is 30.5 Å². The van der Waals surface area contributed by atoms with Crippen molar-refractivity contribution in [2.75, 3.05) is 10.6 Å². The van der Waals surface area contributed by atoms with Gasteiger partial charge in [-0.2, -0.15) is 0 Å². The van der Waals surface area contributed by atoms with E-state index in [1.165, 1.54) is 0 Å². The Morgan fingerprint density at radius 3 is 2.47 bits per heavy atom. The number of urea groups is 1. The first kappa shape index (κ1) is 11.1. The number of amides is 2. The van der Waals surface area contributed by atoms with Crippen molar-refractivity contribution in [3.05, 3.63) is 48.3 Å². The van der Waals surface area contributed by atoms with Crippen LogP contribution >= 0.6 is 0 Å². The van der Waals surface area contributed by atoms with Gasteiger partial charge in [0.05, 0.1) is 6.54 Å². The topological polar surface area (TPSA) is 82.9 Å². The van der Waals surface area contributed by atoms with Gasteiger partial charge in [-0.15, -0.1) is 0 Å². The van der Waals surface area contributed by atoms with Gasteiger partial charge >= 0.3 is 6.03 Å². The molecule has 5 N–H and O–H groups in total. The Morgan fingerprint density at radius 2 is 1.88 bits per heavy atom. The van der Waals surface area contributed by atoms with E-state index >= 15 is 0 Å². The summed E-state index contributed by atoms with van der Waals surface area (Å²) in [6, 6.07) is 10.8. The number of aromatic amines is 1. The summed E-state index contributed by atoms with van der Waals surface area (Å²) in [5, 5.41) is 5.76. The summed E-state index contributed by atoms with van der Waals surface area (Å²) >= 11 is 0.